The number of methoxy groups -OCH3 is 1. The Hall–Kier alpha value is -1.93. The van der Waals surface area contributed by atoms with E-state index in [9.17, 15) is 9.18 Å². The van der Waals surface area contributed by atoms with Gasteiger partial charge in [-0.1, -0.05) is 0 Å². The maximum atomic E-state index is 13.3. The van der Waals surface area contributed by atoms with Crippen LogP contribution in [-0.2, 0) is 11.3 Å². The lowest BCUT2D eigenvalue weighted by atomic mass is 10.0. The topological polar surface area (TPSA) is 70.3 Å². The molecule has 15 heavy (non-hydrogen) atoms. The molecular weight excluding hydrogens is 201 g/mol. The molecule has 0 spiro atoms. The summed E-state index contributed by atoms with van der Waals surface area (Å²) in [6.45, 7) is -0.587. The van der Waals surface area contributed by atoms with Gasteiger partial charge in [0.25, 0.3) is 0 Å². The number of hydrogen-bond donors (Lipinski definition) is 1. The van der Waals surface area contributed by atoms with Gasteiger partial charge in [0.05, 0.1) is 30.9 Å². The van der Waals surface area contributed by atoms with Crippen molar-refractivity contribution in [1.29, 1.82) is 5.26 Å². The first kappa shape index (κ1) is 11.1. The molecule has 0 aromatic heterocycles. The monoisotopic (exact) mass is 209 g/mol. The van der Waals surface area contributed by atoms with Crippen molar-refractivity contribution in [3.63, 3.8) is 0 Å². The molecule has 0 atom stereocenters. The Bertz CT molecular complexity index is 437. The Balaban J connectivity index is 3.33. The number of benzene rings is 1. The number of halogens is 1. The van der Waals surface area contributed by atoms with Gasteiger partial charge in [-0.3, -0.25) is 0 Å². The summed E-state index contributed by atoms with van der Waals surface area (Å²) in [5, 5.41) is 17.5. The highest BCUT2D eigenvalue weighted by Crippen LogP contribution is 2.16. The van der Waals surface area contributed by atoms with Gasteiger partial charge in [-0.15, -0.1) is 0 Å². The van der Waals surface area contributed by atoms with Crippen LogP contribution < -0.4 is 0 Å². The summed E-state index contributed by atoms with van der Waals surface area (Å²) < 4.78 is 17.7. The van der Waals surface area contributed by atoms with Gasteiger partial charge >= 0.3 is 5.97 Å². The first-order valence-electron chi connectivity index (χ1n) is 4.05. The molecule has 0 heterocycles. The molecule has 1 rings (SSSR count). The third kappa shape index (κ3) is 2.11. The third-order valence-corrected chi connectivity index (χ3v) is 1.90. The molecule has 1 N–H and O–H groups in total. The second kappa shape index (κ2) is 4.53. The number of aliphatic hydroxyl groups is 1. The van der Waals surface area contributed by atoms with Gasteiger partial charge in [0.1, 0.15) is 5.82 Å². The van der Waals surface area contributed by atoms with Crippen molar-refractivity contribution < 1.29 is 19.0 Å². The predicted octanol–water partition coefficient (Wildman–Crippen LogP) is 0.976. The van der Waals surface area contributed by atoms with E-state index >= 15 is 0 Å². The summed E-state index contributed by atoms with van der Waals surface area (Å²) in [7, 11) is 1.16. The van der Waals surface area contributed by atoms with Gasteiger partial charge in [0.2, 0.25) is 0 Å². The van der Waals surface area contributed by atoms with Gasteiger partial charge in [-0.25, -0.2) is 9.18 Å². The average Bonchev–Trinajstić information content (AvgIpc) is 2.26. The number of carbonyl (C=O) groups is 1. The van der Waals surface area contributed by atoms with Gasteiger partial charge in [0, 0.05) is 5.56 Å². The van der Waals surface area contributed by atoms with Crippen LogP contribution in [0.2, 0.25) is 0 Å². The standard InChI is InChI=1S/C10H8FNO3/c1-15-10(14)6-2-7(4-12)8(5-13)9(11)3-6/h2-3,13H,5H2,1H3. The first-order chi connectivity index (χ1) is 7.13. The van der Waals surface area contributed by atoms with E-state index in [2.05, 4.69) is 4.74 Å². The zero-order valence-corrected chi connectivity index (χ0v) is 7.95. The molecule has 0 unspecified atom stereocenters. The van der Waals surface area contributed by atoms with Crippen LogP contribution in [0.5, 0.6) is 0 Å². The maximum absolute atomic E-state index is 13.3. The molecular formula is C10H8FNO3. The second-order valence-corrected chi connectivity index (χ2v) is 2.75. The van der Waals surface area contributed by atoms with Crippen molar-refractivity contribution >= 4 is 5.97 Å². The van der Waals surface area contributed by atoms with E-state index < -0.39 is 18.4 Å². The molecule has 1 aromatic carbocycles. The first-order valence-corrected chi connectivity index (χ1v) is 4.05. The summed E-state index contributed by atoms with van der Waals surface area (Å²) >= 11 is 0. The summed E-state index contributed by atoms with van der Waals surface area (Å²) in [6, 6.07) is 3.81. The minimum atomic E-state index is -0.794. The number of ether oxygens (including phenoxy) is 1. The fraction of sp³-hybridized carbons (Fsp3) is 0.200. The molecule has 4 nitrogen and oxygen atoms in total. The van der Waals surface area contributed by atoms with Gasteiger partial charge in [-0.05, 0) is 12.1 Å². The van der Waals surface area contributed by atoms with Gasteiger partial charge < -0.3 is 9.84 Å². The molecule has 0 fully saturated rings. The number of hydrogen-bond acceptors (Lipinski definition) is 4. The van der Waals surface area contributed by atoms with Gasteiger partial charge in [0.15, 0.2) is 0 Å². The molecule has 0 amide bonds. The van der Waals surface area contributed by atoms with Crippen LogP contribution in [0.4, 0.5) is 4.39 Å². The van der Waals surface area contributed by atoms with E-state index in [-0.39, 0.29) is 16.7 Å². The van der Waals surface area contributed by atoms with E-state index in [0.29, 0.717) is 0 Å². The highest BCUT2D eigenvalue weighted by Gasteiger charge is 2.14. The van der Waals surface area contributed by atoms with E-state index in [1.807, 2.05) is 0 Å². The molecule has 1 aromatic rings. The van der Waals surface area contributed by atoms with Crippen molar-refractivity contribution in [3.8, 4) is 6.07 Å². The van der Waals surface area contributed by atoms with E-state index in [0.717, 1.165) is 13.2 Å². The van der Waals surface area contributed by atoms with Gasteiger partial charge in [-0.2, -0.15) is 5.26 Å². The van der Waals surface area contributed by atoms with Crippen LogP contribution in [0.3, 0.4) is 0 Å². The van der Waals surface area contributed by atoms with Crippen molar-refractivity contribution in [2.24, 2.45) is 0 Å². The fourth-order valence-electron chi connectivity index (χ4n) is 1.13. The Labute approximate surface area is 85.5 Å². The lowest BCUT2D eigenvalue weighted by Gasteiger charge is -2.05. The number of carbonyl (C=O) groups excluding carboxylic acids is 1. The summed E-state index contributed by atoms with van der Waals surface area (Å²) in [5.74, 6) is -1.52. The summed E-state index contributed by atoms with van der Waals surface area (Å²) in [6.07, 6.45) is 0. The van der Waals surface area contributed by atoms with Crippen LogP contribution in [-0.4, -0.2) is 18.2 Å². The fourth-order valence-corrected chi connectivity index (χ4v) is 1.13. The molecule has 0 aliphatic heterocycles. The highest BCUT2D eigenvalue weighted by atomic mass is 19.1. The Morgan fingerprint density at radius 1 is 1.67 bits per heavy atom. The molecule has 0 aliphatic rings. The molecule has 0 saturated heterocycles. The number of aliphatic hydroxyl groups excluding tert-OH is 1. The number of nitriles is 1. The second-order valence-electron chi connectivity index (χ2n) is 2.75. The lowest BCUT2D eigenvalue weighted by molar-refractivity contribution is 0.0600. The zero-order chi connectivity index (χ0) is 11.4. The van der Waals surface area contributed by atoms with Crippen LogP contribution in [0, 0.1) is 17.1 Å². The summed E-state index contributed by atoms with van der Waals surface area (Å²) in [5.41, 5.74) is -0.244. The number of rotatable bonds is 2. The molecule has 5 heteroatoms. The molecule has 0 saturated carbocycles. The third-order valence-electron chi connectivity index (χ3n) is 1.90. The number of esters is 1. The van der Waals surface area contributed by atoms with Crippen LogP contribution in [0.1, 0.15) is 21.5 Å². The predicted molar refractivity (Wildman–Crippen MR) is 48.4 cm³/mol. The van der Waals surface area contributed by atoms with Crippen LogP contribution in [0.25, 0.3) is 0 Å². The molecule has 78 valence electrons. The van der Waals surface area contributed by atoms with E-state index in [1.165, 1.54) is 6.07 Å². The summed E-state index contributed by atoms with van der Waals surface area (Å²) in [4.78, 5) is 11.1. The average molecular weight is 209 g/mol. The minimum Gasteiger partial charge on any atom is -0.465 e. The SMILES string of the molecule is COC(=O)c1cc(F)c(CO)c(C#N)c1. The van der Waals surface area contributed by atoms with Crippen molar-refractivity contribution in [3.05, 3.63) is 34.6 Å². The maximum Gasteiger partial charge on any atom is 0.337 e. The minimum absolute atomic E-state index is 0.0521. The van der Waals surface area contributed by atoms with Crippen molar-refractivity contribution in [2.45, 2.75) is 6.61 Å². The normalized spacial score (nSPS) is 9.47. The largest absolute Gasteiger partial charge is 0.465 e. The Morgan fingerprint density at radius 3 is 2.80 bits per heavy atom. The lowest BCUT2D eigenvalue weighted by Crippen LogP contribution is -2.05. The van der Waals surface area contributed by atoms with E-state index in [4.69, 9.17) is 10.4 Å². The highest BCUT2D eigenvalue weighted by molar-refractivity contribution is 5.89. The van der Waals surface area contributed by atoms with Crippen molar-refractivity contribution in [1.82, 2.24) is 0 Å². The Kier molecular flexibility index (Phi) is 3.37. The molecule has 0 bridgehead atoms. The molecule has 0 radical (unpaired) electrons. The molecule has 0 aliphatic carbocycles. The van der Waals surface area contributed by atoms with Crippen LogP contribution >= 0.6 is 0 Å². The zero-order valence-electron chi connectivity index (χ0n) is 7.95. The Morgan fingerprint density at radius 2 is 2.33 bits per heavy atom. The van der Waals surface area contributed by atoms with Crippen molar-refractivity contribution in [2.75, 3.05) is 7.11 Å². The quantitative estimate of drug-likeness (QED) is 0.737. The smallest absolute Gasteiger partial charge is 0.337 e. The van der Waals surface area contributed by atoms with E-state index in [1.54, 1.807) is 6.07 Å². The number of nitrogens with zero attached hydrogens (tertiary/aromatic N) is 1. The van der Waals surface area contributed by atoms with Crippen LogP contribution in [0.15, 0.2) is 12.1 Å².